The summed E-state index contributed by atoms with van der Waals surface area (Å²) < 4.78 is 1.80. The van der Waals surface area contributed by atoms with Gasteiger partial charge in [0.1, 0.15) is 0 Å². The van der Waals surface area contributed by atoms with Crippen molar-refractivity contribution < 1.29 is 4.79 Å². The van der Waals surface area contributed by atoms with E-state index < -0.39 is 0 Å². The van der Waals surface area contributed by atoms with Gasteiger partial charge in [0.2, 0.25) is 0 Å². The molecule has 3 heteroatoms. The molecule has 0 atom stereocenters. The Morgan fingerprint density at radius 2 is 2.29 bits per heavy atom. The normalized spacial score (nSPS) is 10.7. The van der Waals surface area contributed by atoms with Crippen molar-refractivity contribution in [3.8, 4) is 0 Å². The van der Waals surface area contributed by atoms with Crippen LogP contribution >= 0.6 is 0 Å². The Labute approximate surface area is 82.3 Å². The number of carbonyl (C=O) groups is 1. The Kier molecular flexibility index (Phi) is 2.08. The SMILES string of the molecule is CCC(=O)c1ccc2c(cnn2C)c1. The fourth-order valence-corrected chi connectivity index (χ4v) is 1.54. The third kappa shape index (κ3) is 1.31. The molecule has 3 nitrogen and oxygen atoms in total. The van der Waals surface area contributed by atoms with Crippen LogP contribution in [-0.2, 0) is 7.05 Å². The molecular weight excluding hydrogens is 176 g/mol. The van der Waals surface area contributed by atoms with Crippen molar-refractivity contribution in [2.24, 2.45) is 7.05 Å². The maximum atomic E-state index is 11.4. The highest BCUT2D eigenvalue weighted by Crippen LogP contribution is 2.15. The van der Waals surface area contributed by atoms with Gasteiger partial charge in [-0.1, -0.05) is 6.92 Å². The molecule has 0 saturated carbocycles. The number of aryl methyl sites for hydroxylation is 1. The summed E-state index contributed by atoms with van der Waals surface area (Å²) in [5, 5.41) is 5.15. The highest BCUT2D eigenvalue weighted by Gasteiger charge is 2.05. The molecule has 14 heavy (non-hydrogen) atoms. The first kappa shape index (κ1) is 8.94. The summed E-state index contributed by atoms with van der Waals surface area (Å²) in [5.41, 5.74) is 1.82. The van der Waals surface area contributed by atoms with Crippen LogP contribution in [-0.4, -0.2) is 15.6 Å². The number of fused-ring (bicyclic) bond motifs is 1. The van der Waals surface area contributed by atoms with Crippen molar-refractivity contribution in [3.63, 3.8) is 0 Å². The van der Waals surface area contributed by atoms with Crippen molar-refractivity contribution in [2.75, 3.05) is 0 Å². The molecule has 2 rings (SSSR count). The number of ketones is 1. The third-order valence-corrected chi connectivity index (χ3v) is 2.39. The zero-order chi connectivity index (χ0) is 10.1. The smallest absolute Gasteiger partial charge is 0.162 e. The van der Waals surface area contributed by atoms with Crippen LogP contribution in [0.3, 0.4) is 0 Å². The van der Waals surface area contributed by atoms with Crippen LogP contribution in [0, 0.1) is 0 Å². The Bertz CT molecular complexity index is 485. The highest BCUT2D eigenvalue weighted by atomic mass is 16.1. The molecule has 0 bridgehead atoms. The molecule has 0 aliphatic rings. The van der Waals surface area contributed by atoms with E-state index in [4.69, 9.17) is 0 Å². The van der Waals surface area contributed by atoms with Gasteiger partial charge in [-0.25, -0.2) is 0 Å². The molecule has 0 unspecified atom stereocenters. The van der Waals surface area contributed by atoms with Crippen LogP contribution in [0.4, 0.5) is 0 Å². The predicted molar refractivity (Wildman–Crippen MR) is 55.3 cm³/mol. The fourth-order valence-electron chi connectivity index (χ4n) is 1.54. The Hall–Kier alpha value is -1.64. The summed E-state index contributed by atoms with van der Waals surface area (Å²) in [7, 11) is 1.89. The first-order chi connectivity index (χ1) is 6.72. The van der Waals surface area contributed by atoms with Crippen molar-refractivity contribution in [3.05, 3.63) is 30.0 Å². The number of Topliss-reactive ketones (excluding diaryl/α,β-unsaturated/α-hetero) is 1. The number of carbonyl (C=O) groups excluding carboxylic acids is 1. The zero-order valence-corrected chi connectivity index (χ0v) is 8.32. The van der Waals surface area contributed by atoms with E-state index in [0.29, 0.717) is 6.42 Å². The lowest BCUT2D eigenvalue weighted by Gasteiger charge is -1.98. The first-order valence-corrected chi connectivity index (χ1v) is 4.67. The molecule has 1 heterocycles. The van der Waals surface area contributed by atoms with Gasteiger partial charge >= 0.3 is 0 Å². The second-order valence-electron chi connectivity index (χ2n) is 3.32. The lowest BCUT2D eigenvalue weighted by Crippen LogP contribution is -1.96. The lowest BCUT2D eigenvalue weighted by molar-refractivity contribution is 0.0988. The Morgan fingerprint density at radius 3 is 3.00 bits per heavy atom. The van der Waals surface area contributed by atoms with Crippen molar-refractivity contribution in [1.29, 1.82) is 0 Å². The van der Waals surface area contributed by atoms with E-state index in [0.717, 1.165) is 16.5 Å². The van der Waals surface area contributed by atoms with Crippen LogP contribution in [0.5, 0.6) is 0 Å². The molecular formula is C11H12N2O. The summed E-state index contributed by atoms with van der Waals surface area (Å²) in [4.78, 5) is 11.4. The van der Waals surface area contributed by atoms with E-state index in [2.05, 4.69) is 5.10 Å². The predicted octanol–water partition coefficient (Wildman–Crippen LogP) is 2.17. The molecule has 0 amide bonds. The monoisotopic (exact) mass is 188 g/mol. The largest absolute Gasteiger partial charge is 0.294 e. The number of nitrogens with zero attached hydrogens (tertiary/aromatic N) is 2. The maximum Gasteiger partial charge on any atom is 0.162 e. The molecule has 0 N–H and O–H groups in total. The van der Waals surface area contributed by atoms with Gasteiger partial charge < -0.3 is 0 Å². The van der Waals surface area contributed by atoms with E-state index in [-0.39, 0.29) is 5.78 Å². The van der Waals surface area contributed by atoms with Crippen LogP contribution in [0.1, 0.15) is 23.7 Å². The van der Waals surface area contributed by atoms with Crippen molar-refractivity contribution in [1.82, 2.24) is 9.78 Å². The van der Waals surface area contributed by atoms with Gasteiger partial charge in [-0.15, -0.1) is 0 Å². The lowest BCUT2D eigenvalue weighted by atomic mass is 10.1. The van der Waals surface area contributed by atoms with Gasteiger partial charge in [0.15, 0.2) is 5.78 Å². The zero-order valence-electron chi connectivity index (χ0n) is 8.32. The minimum Gasteiger partial charge on any atom is -0.294 e. The third-order valence-electron chi connectivity index (χ3n) is 2.39. The minimum atomic E-state index is 0.177. The van der Waals surface area contributed by atoms with Crippen molar-refractivity contribution >= 4 is 16.7 Å². The quantitative estimate of drug-likeness (QED) is 0.677. The number of benzene rings is 1. The van der Waals surface area contributed by atoms with Gasteiger partial charge in [0.25, 0.3) is 0 Å². The topological polar surface area (TPSA) is 34.9 Å². The van der Waals surface area contributed by atoms with Crippen LogP contribution < -0.4 is 0 Å². The molecule has 1 aromatic carbocycles. The second-order valence-corrected chi connectivity index (χ2v) is 3.32. The fraction of sp³-hybridized carbons (Fsp3) is 0.273. The summed E-state index contributed by atoms with van der Waals surface area (Å²) in [6.07, 6.45) is 2.33. The van der Waals surface area contributed by atoms with Gasteiger partial charge in [0, 0.05) is 24.4 Å². The average molecular weight is 188 g/mol. The van der Waals surface area contributed by atoms with Gasteiger partial charge in [-0.3, -0.25) is 9.48 Å². The van der Waals surface area contributed by atoms with Crippen LogP contribution in [0.15, 0.2) is 24.4 Å². The summed E-state index contributed by atoms with van der Waals surface area (Å²) >= 11 is 0. The second kappa shape index (κ2) is 3.25. The molecule has 0 saturated heterocycles. The average Bonchev–Trinajstić information content (AvgIpc) is 2.59. The maximum absolute atomic E-state index is 11.4. The van der Waals surface area contributed by atoms with Gasteiger partial charge in [-0.05, 0) is 18.2 Å². The van der Waals surface area contributed by atoms with E-state index in [9.17, 15) is 4.79 Å². The van der Waals surface area contributed by atoms with Crippen LogP contribution in [0.2, 0.25) is 0 Å². The van der Waals surface area contributed by atoms with Crippen LogP contribution in [0.25, 0.3) is 10.9 Å². The van der Waals surface area contributed by atoms with Crippen molar-refractivity contribution in [2.45, 2.75) is 13.3 Å². The Morgan fingerprint density at radius 1 is 1.50 bits per heavy atom. The molecule has 72 valence electrons. The van der Waals surface area contributed by atoms with E-state index >= 15 is 0 Å². The summed E-state index contributed by atoms with van der Waals surface area (Å²) in [6, 6.07) is 5.69. The summed E-state index contributed by atoms with van der Waals surface area (Å²) in [5.74, 6) is 0.177. The van der Waals surface area contributed by atoms with Gasteiger partial charge in [0.05, 0.1) is 11.7 Å². The molecule has 0 aliphatic carbocycles. The molecule has 0 radical (unpaired) electrons. The van der Waals surface area contributed by atoms with E-state index in [1.807, 2.05) is 32.2 Å². The number of aromatic nitrogens is 2. The molecule has 2 aromatic rings. The summed E-state index contributed by atoms with van der Waals surface area (Å²) in [6.45, 7) is 1.87. The molecule has 0 fully saturated rings. The minimum absolute atomic E-state index is 0.177. The Balaban J connectivity index is 2.57. The highest BCUT2D eigenvalue weighted by molar-refractivity contribution is 5.99. The van der Waals surface area contributed by atoms with Gasteiger partial charge in [-0.2, -0.15) is 5.10 Å². The number of hydrogen-bond acceptors (Lipinski definition) is 2. The molecule has 0 spiro atoms. The standard InChI is InChI=1S/C11H12N2O/c1-3-11(14)8-4-5-10-9(6-8)7-12-13(10)2/h4-7H,3H2,1-2H3. The molecule has 1 aromatic heterocycles. The molecule has 0 aliphatic heterocycles. The number of hydrogen-bond donors (Lipinski definition) is 0. The first-order valence-electron chi connectivity index (χ1n) is 4.67. The van der Waals surface area contributed by atoms with E-state index in [1.165, 1.54) is 0 Å². The van der Waals surface area contributed by atoms with E-state index in [1.54, 1.807) is 10.9 Å². The number of rotatable bonds is 2.